The topological polar surface area (TPSA) is 28.2 Å². The predicted octanol–water partition coefficient (Wildman–Crippen LogP) is 3.32. The van der Waals surface area contributed by atoms with Crippen molar-refractivity contribution in [2.75, 3.05) is 31.1 Å². The van der Waals surface area contributed by atoms with Gasteiger partial charge in [-0.3, -0.25) is 4.98 Å². The Morgan fingerprint density at radius 1 is 1.40 bits per heavy atom. The van der Waals surface area contributed by atoms with Crippen molar-refractivity contribution < 1.29 is 0 Å². The van der Waals surface area contributed by atoms with Gasteiger partial charge in [-0.2, -0.15) is 0 Å². The molecule has 0 aliphatic carbocycles. The summed E-state index contributed by atoms with van der Waals surface area (Å²) in [6.45, 7) is 6.50. The van der Waals surface area contributed by atoms with Gasteiger partial charge in [-0.15, -0.1) is 0 Å². The van der Waals surface area contributed by atoms with Gasteiger partial charge in [0.05, 0.1) is 16.2 Å². The number of hydrogen-bond donors (Lipinski definition) is 1. The molecule has 0 spiro atoms. The summed E-state index contributed by atoms with van der Waals surface area (Å²) in [5.74, 6) is 0.726. The maximum atomic E-state index is 6.26. The highest BCUT2D eigenvalue weighted by Gasteiger charge is 2.24. The Balaban J connectivity index is 1.86. The van der Waals surface area contributed by atoms with Crippen LogP contribution in [0.15, 0.2) is 30.5 Å². The molecule has 1 N–H and O–H groups in total. The summed E-state index contributed by atoms with van der Waals surface area (Å²) in [6.07, 6.45) is 3.08. The molecule has 0 bridgehead atoms. The molecule has 0 saturated carbocycles. The van der Waals surface area contributed by atoms with Crippen molar-refractivity contribution in [3.63, 3.8) is 0 Å². The average molecular weight is 290 g/mol. The Bertz CT molecular complexity index is 599. The second kappa shape index (κ2) is 5.98. The maximum Gasteiger partial charge on any atom is 0.0950 e. The van der Waals surface area contributed by atoms with Crippen molar-refractivity contribution in [2.45, 2.75) is 13.3 Å². The van der Waals surface area contributed by atoms with Gasteiger partial charge in [0.1, 0.15) is 0 Å². The van der Waals surface area contributed by atoms with Gasteiger partial charge in [-0.1, -0.05) is 18.5 Å². The molecule has 4 heteroatoms. The molecule has 106 valence electrons. The summed E-state index contributed by atoms with van der Waals surface area (Å²) in [4.78, 5) is 6.97. The molecule has 1 aromatic carbocycles. The minimum Gasteiger partial charge on any atom is -0.369 e. The van der Waals surface area contributed by atoms with Crippen LogP contribution >= 0.6 is 11.6 Å². The molecule has 1 fully saturated rings. The minimum atomic E-state index is 0.726. The van der Waals surface area contributed by atoms with E-state index in [1.165, 1.54) is 12.1 Å². The highest BCUT2D eigenvalue weighted by Crippen LogP contribution is 2.33. The average Bonchev–Trinajstić information content (AvgIpc) is 2.94. The van der Waals surface area contributed by atoms with Crippen LogP contribution in [0.1, 0.15) is 13.3 Å². The number of hydrogen-bond acceptors (Lipinski definition) is 3. The van der Waals surface area contributed by atoms with Gasteiger partial charge < -0.3 is 10.2 Å². The van der Waals surface area contributed by atoms with E-state index in [1.807, 2.05) is 24.4 Å². The second-order valence-corrected chi connectivity index (χ2v) is 5.78. The highest BCUT2D eigenvalue weighted by molar-refractivity contribution is 6.35. The fourth-order valence-corrected chi connectivity index (χ4v) is 3.16. The summed E-state index contributed by atoms with van der Waals surface area (Å²) in [5, 5.41) is 5.27. The quantitative estimate of drug-likeness (QED) is 0.936. The maximum absolute atomic E-state index is 6.26. The number of aromatic nitrogens is 1. The Labute approximate surface area is 124 Å². The van der Waals surface area contributed by atoms with Gasteiger partial charge in [0.15, 0.2) is 0 Å². The summed E-state index contributed by atoms with van der Waals surface area (Å²) < 4.78 is 0. The van der Waals surface area contributed by atoms with Crippen LogP contribution in [-0.2, 0) is 0 Å². The van der Waals surface area contributed by atoms with E-state index in [2.05, 4.69) is 28.2 Å². The SMILES string of the molecule is CCNCC1CCN(c2ccc(Cl)c3cccnc23)C1. The van der Waals surface area contributed by atoms with Crippen LogP contribution in [0, 0.1) is 5.92 Å². The third-order valence-electron chi connectivity index (χ3n) is 4.00. The van der Waals surface area contributed by atoms with Crippen molar-refractivity contribution in [2.24, 2.45) is 5.92 Å². The molecule has 1 unspecified atom stereocenters. The van der Waals surface area contributed by atoms with Crippen LogP contribution in [-0.4, -0.2) is 31.2 Å². The summed E-state index contributed by atoms with van der Waals surface area (Å²) in [7, 11) is 0. The monoisotopic (exact) mass is 289 g/mol. The fraction of sp³-hybridized carbons (Fsp3) is 0.438. The number of halogens is 1. The van der Waals surface area contributed by atoms with Gasteiger partial charge in [0.2, 0.25) is 0 Å². The number of nitrogens with one attached hydrogen (secondary N) is 1. The van der Waals surface area contributed by atoms with E-state index in [9.17, 15) is 0 Å². The fourth-order valence-electron chi connectivity index (χ4n) is 2.94. The zero-order chi connectivity index (χ0) is 13.9. The van der Waals surface area contributed by atoms with E-state index >= 15 is 0 Å². The van der Waals surface area contributed by atoms with Crippen LogP contribution < -0.4 is 10.2 Å². The molecule has 1 saturated heterocycles. The summed E-state index contributed by atoms with van der Waals surface area (Å²) >= 11 is 6.26. The Hall–Kier alpha value is -1.32. The van der Waals surface area contributed by atoms with Gasteiger partial charge in [-0.05, 0) is 49.7 Å². The van der Waals surface area contributed by atoms with E-state index in [-0.39, 0.29) is 0 Å². The van der Waals surface area contributed by atoms with Crippen LogP contribution in [0.2, 0.25) is 5.02 Å². The number of pyridine rings is 1. The van der Waals surface area contributed by atoms with Crippen LogP contribution in [0.3, 0.4) is 0 Å². The first kappa shape index (κ1) is 13.7. The largest absolute Gasteiger partial charge is 0.369 e. The van der Waals surface area contributed by atoms with Crippen molar-refractivity contribution in [3.05, 3.63) is 35.5 Å². The minimum absolute atomic E-state index is 0.726. The molecule has 3 nitrogen and oxygen atoms in total. The summed E-state index contributed by atoms with van der Waals surface area (Å²) in [6, 6.07) is 8.07. The second-order valence-electron chi connectivity index (χ2n) is 5.37. The van der Waals surface area contributed by atoms with Gasteiger partial charge in [-0.25, -0.2) is 0 Å². The van der Waals surface area contributed by atoms with Crippen LogP contribution in [0.5, 0.6) is 0 Å². The lowest BCUT2D eigenvalue weighted by Gasteiger charge is -2.20. The molecule has 3 rings (SSSR count). The first-order valence-corrected chi connectivity index (χ1v) is 7.66. The van der Waals surface area contributed by atoms with Gasteiger partial charge in [0.25, 0.3) is 0 Å². The lowest BCUT2D eigenvalue weighted by molar-refractivity contribution is 0.528. The van der Waals surface area contributed by atoms with E-state index in [0.29, 0.717) is 0 Å². The molecule has 0 amide bonds. The van der Waals surface area contributed by atoms with E-state index in [4.69, 9.17) is 11.6 Å². The lowest BCUT2D eigenvalue weighted by atomic mass is 10.1. The molecule has 0 radical (unpaired) electrons. The van der Waals surface area contributed by atoms with E-state index in [1.54, 1.807) is 0 Å². The molecule has 20 heavy (non-hydrogen) atoms. The van der Waals surface area contributed by atoms with Crippen molar-refractivity contribution >= 4 is 28.2 Å². The van der Waals surface area contributed by atoms with Crippen molar-refractivity contribution in [3.8, 4) is 0 Å². The van der Waals surface area contributed by atoms with Gasteiger partial charge in [0, 0.05) is 24.7 Å². The first-order chi connectivity index (χ1) is 9.79. The Morgan fingerprint density at radius 2 is 2.30 bits per heavy atom. The van der Waals surface area contributed by atoms with E-state index in [0.717, 1.165) is 48.0 Å². The molecule has 1 aromatic heterocycles. The number of anilines is 1. The van der Waals surface area contributed by atoms with E-state index < -0.39 is 0 Å². The number of rotatable bonds is 4. The molecular formula is C16H20ClN3. The summed E-state index contributed by atoms with van der Waals surface area (Å²) in [5.41, 5.74) is 2.23. The zero-order valence-electron chi connectivity index (χ0n) is 11.8. The Kier molecular flexibility index (Phi) is 4.08. The number of benzene rings is 1. The standard InChI is InChI=1S/C16H20ClN3/c1-2-18-10-12-7-9-20(11-12)15-6-5-14(17)13-4-3-8-19-16(13)15/h3-6,8,12,18H,2,7,9-11H2,1H3. The first-order valence-electron chi connectivity index (χ1n) is 7.28. The van der Waals surface area contributed by atoms with Gasteiger partial charge >= 0.3 is 0 Å². The lowest BCUT2D eigenvalue weighted by Crippen LogP contribution is -2.26. The normalized spacial score (nSPS) is 18.9. The molecule has 1 atom stereocenters. The number of nitrogens with zero attached hydrogens (tertiary/aromatic N) is 2. The third-order valence-corrected chi connectivity index (χ3v) is 4.33. The van der Waals surface area contributed by atoms with Crippen molar-refractivity contribution in [1.29, 1.82) is 0 Å². The number of fused-ring (bicyclic) bond motifs is 1. The molecule has 1 aliphatic heterocycles. The van der Waals surface area contributed by atoms with Crippen LogP contribution in [0.25, 0.3) is 10.9 Å². The molecule has 1 aliphatic rings. The third kappa shape index (κ3) is 2.60. The smallest absolute Gasteiger partial charge is 0.0950 e. The molecule has 2 aromatic rings. The van der Waals surface area contributed by atoms with Crippen LogP contribution in [0.4, 0.5) is 5.69 Å². The highest BCUT2D eigenvalue weighted by atomic mass is 35.5. The molecular weight excluding hydrogens is 270 g/mol. The zero-order valence-corrected chi connectivity index (χ0v) is 12.5. The predicted molar refractivity (Wildman–Crippen MR) is 85.6 cm³/mol. The van der Waals surface area contributed by atoms with Crippen molar-refractivity contribution in [1.82, 2.24) is 10.3 Å². The Morgan fingerprint density at radius 3 is 3.15 bits per heavy atom. The molecule has 2 heterocycles.